The summed E-state index contributed by atoms with van der Waals surface area (Å²) in [5, 5.41) is 0. The highest BCUT2D eigenvalue weighted by atomic mass is 79.9. The van der Waals surface area contributed by atoms with Gasteiger partial charge in [0.25, 0.3) is 0 Å². The first-order valence-electron chi connectivity index (χ1n) is 2.93. The number of alkyl halides is 3. The van der Waals surface area contributed by atoms with Crippen molar-refractivity contribution in [2.45, 2.75) is 6.18 Å². The Bertz CT molecular complexity index is 293. The highest BCUT2D eigenvalue weighted by Gasteiger charge is 2.30. The predicted molar refractivity (Wildman–Crippen MR) is 46.8 cm³/mol. The maximum atomic E-state index is 12.1. The zero-order valence-electron chi connectivity index (χ0n) is 5.62. The standard InChI is InChI=1S/C7H3Br2F3/c8-5-2-1-4(3-6(5)9)7(10,11)12/h1-3H. The molecule has 1 rings (SSSR count). The van der Waals surface area contributed by atoms with Gasteiger partial charge in [0.2, 0.25) is 0 Å². The van der Waals surface area contributed by atoms with Crippen molar-refractivity contribution in [2.75, 3.05) is 0 Å². The molecule has 0 heterocycles. The van der Waals surface area contributed by atoms with Crippen LogP contribution in [-0.4, -0.2) is 0 Å². The van der Waals surface area contributed by atoms with Gasteiger partial charge in [-0.3, -0.25) is 0 Å². The molecule has 0 saturated heterocycles. The fourth-order valence-electron chi connectivity index (χ4n) is 0.672. The minimum absolute atomic E-state index is 0.400. The van der Waals surface area contributed by atoms with Crippen LogP contribution in [0.4, 0.5) is 13.2 Å². The minimum Gasteiger partial charge on any atom is -0.166 e. The van der Waals surface area contributed by atoms with Gasteiger partial charge in [0.05, 0.1) is 5.56 Å². The summed E-state index contributed by atoms with van der Waals surface area (Å²) in [6.45, 7) is 0. The second-order valence-electron chi connectivity index (χ2n) is 2.13. The molecule has 1 aromatic carbocycles. The number of halogens is 5. The molecule has 5 heteroatoms. The lowest BCUT2D eigenvalue weighted by Gasteiger charge is -2.06. The smallest absolute Gasteiger partial charge is 0.166 e. The molecule has 0 aliphatic heterocycles. The predicted octanol–water partition coefficient (Wildman–Crippen LogP) is 4.23. The average Bonchev–Trinajstić information content (AvgIpc) is 1.92. The molecule has 0 atom stereocenters. The van der Waals surface area contributed by atoms with E-state index in [1.165, 1.54) is 6.07 Å². The SMILES string of the molecule is FC(F)(F)c1ccc(Br)c(Br)c1. The highest BCUT2D eigenvalue weighted by molar-refractivity contribution is 9.13. The lowest BCUT2D eigenvalue weighted by molar-refractivity contribution is -0.137. The summed E-state index contributed by atoms with van der Waals surface area (Å²) in [6, 6.07) is 3.41. The molecule has 0 bridgehead atoms. The van der Waals surface area contributed by atoms with E-state index in [0.29, 0.717) is 8.95 Å². The van der Waals surface area contributed by atoms with Crippen molar-refractivity contribution in [1.29, 1.82) is 0 Å². The van der Waals surface area contributed by atoms with E-state index in [0.717, 1.165) is 12.1 Å². The summed E-state index contributed by atoms with van der Waals surface area (Å²) in [7, 11) is 0. The van der Waals surface area contributed by atoms with Gasteiger partial charge in [-0.15, -0.1) is 0 Å². The van der Waals surface area contributed by atoms with Crippen molar-refractivity contribution in [3.8, 4) is 0 Å². The van der Waals surface area contributed by atoms with Crippen molar-refractivity contribution < 1.29 is 13.2 Å². The third kappa shape index (κ3) is 2.23. The maximum Gasteiger partial charge on any atom is 0.416 e. The van der Waals surface area contributed by atoms with Crippen molar-refractivity contribution >= 4 is 31.9 Å². The fraction of sp³-hybridized carbons (Fsp3) is 0.143. The molecule has 0 radical (unpaired) electrons. The molecule has 1 aromatic rings. The van der Waals surface area contributed by atoms with Gasteiger partial charge in [-0.1, -0.05) is 0 Å². The van der Waals surface area contributed by atoms with Crippen LogP contribution in [0.2, 0.25) is 0 Å². The first kappa shape index (κ1) is 10.1. The molecule has 0 aromatic heterocycles. The molecule has 0 N–H and O–H groups in total. The number of rotatable bonds is 0. The third-order valence-electron chi connectivity index (χ3n) is 1.25. The van der Waals surface area contributed by atoms with Gasteiger partial charge in [-0.25, -0.2) is 0 Å². The van der Waals surface area contributed by atoms with Crippen LogP contribution < -0.4 is 0 Å². The van der Waals surface area contributed by atoms with Crippen molar-refractivity contribution in [3.63, 3.8) is 0 Å². The topological polar surface area (TPSA) is 0 Å². The molecule has 0 saturated carbocycles. The largest absolute Gasteiger partial charge is 0.416 e. The van der Waals surface area contributed by atoms with Crippen LogP contribution in [0.25, 0.3) is 0 Å². The molecule has 0 aliphatic rings. The summed E-state index contributed by atoms with van der Waals surface area (Å²) in [4.78, 5) is 0. The zero-order chi connectivity index (χ0) is 9.35. The summed E-state index contributed by atoms with van der Waals surface area (Å²) >= 11 is 6.07. The monoisotopic (exact) mass is 302 g/mol. The second kappa shape index (κ2) is 3.38. The van der Waals surface area contributed by atoms with Crippen LogP contribution in [0.15, 0.2) is 27.1 Å². The summed E-state index contributed by atoms with van der Waals surface area (Å²) < 4.78 is 37.2. The Hall–Kier alpha value is -0.0300. The van der Waals surface area contributed by atoms with Gasteiger partial charge in [-0.05, 0) is 50.1 Å². The highest BCUT2D eigenvalue weighted by Crippen LogP contribution is 2.33. The van der Waals surface area contributed by atoms with Gasteiger partial charge in [0, 0.05) is 8.95 Å². The van der Waals surface area contributed by atoms with Gasteiger partial charge in [0.1, 0.15) is 0 Å². The normalized spacial score (nSPS) is 11.8. The Kier molecular flexibility index (Phi) is 2.83. The molecular formula is C7H3Br2F3. The summed E-state index contributed by atoms with van der Waals surface area (Å²) in [5.74, 6) is 0. The van der Waals surface area contributed by atoms with Gasteiger partial charge in [-0.2, -0.15) is 13.2 Å². The van der Waals surface area contributed by atoms with Crippen LogP contribution >= 0.6 is 31.9 Å². The Morgan fingerprint density at radius 1 is 1.00 bits per heavy atom. The number of hydrogen-bond donors (Lipinski definition) is 0. The molecule has 0 unspecified atom stereocenters. The minimum atomic E-state index is -4.27. The van der Waals surface area contributed by atoms with Gasteiger partial charge in [0.15, 0.2) is 0 Å². The fourth-order valence-corrected chi connectivity index (χ4v) is 1.30. The van der Waals surface area contributed by atoms with E-state index in [9.17, 15) is 13.2 Å². The van der Waals surface area contributed by atoms with E-state index in [1.54, 1.807) is 0 Å². The molecule has 12 heavy (non-hydrogen) atoms. The van der Waals surface area contributed by atoms with Crippen LogP contribution in [0, 0.1) is 0 Å². The second-order valence-corrected chi connectivity index (χ2v) is 3.84. The van der Waals surface area contributed by atoms with Crippen molar-refractivity contribution in [3.05, 3.63) is 32.7 Å². The van der Waals surface area contributed by atoms with Gasteiger partial charge >= 0.3 is 6.18 Å². The third-order valence-corrected chi connectivity index (χ3v) is 3.13. The van der Waals surface area contributed by atoms with Crippen molar-refractivity contribution in [1.82, 2.24) is 0 Å². The lowest BCUT2D eigenvalue weighted by Crippen LogP contribution is -2.04. The Morgan fingerprint density at radius 3 is 2.00 bits per heavy atom. The molecule has 66 valence electrons. The quantitative estimate of drug-likeness (QED) is 0.673. The molecular weight excluding hydrogens is 301 g/mol. The first-order chi connectivity index (χ1) is 5.41. The Balaban J connectivity index is 3.14. The van der Waals surface area contributed by atoms with Crippen LogP contribution in [0.3, 0.4) is 0 Å². The van der Waals surface area contributed by atoms with E-state index in [2.05, 4.69) is 31.9 Å². The Morgan fingerprint density at radius 2 is 1.58 bits per heavy atom. The Labute approximate surface area is 84.0 Å². The van der Waals surface area contributed by atoms with Gasteiger partial charge < -0.3 is 0 Å². The molecule has 0 amide bonds. The summed E-state index contributed by atoms with van der Waals surface area (Å²) in [6.07, 6.45) is -4.27. The van der Waals surface area contributed by atoms with Crippen LogP contribution in [-0.2, 0) is 6.18 Å². The lowest BCUT2D eigenvalue weighted by atomic mass is 10.2. The number of benzene rings is 1. The van der Waals surface area contributed by atoms with E-state index in [1.807, 2.05) is 0 Å². The molecule has 0 fully saturated rings. The van der Waals surface area contributed by atoms with Crippen LogP contribution in [0.1, 0.15) is 5.56 Å². The summed E-state index contributed by atoms with van der Waals surface area (Å²) in [5.41, 5.74) is -0.655. The molecule has 0 nitrogen and oxygen atoms in total. The molecule has 0 spiro atoms. The molecule has 0 aliphatic carbocycles. The first-order valence-corrected chi connectivity index (χ1v) is 4.52. The number of hydrogen-bond acceptors (Lipinski definition) is 0. The maximum absolute atomic E-state index is 12.1. The zero-order valence-corrected chi connectivity index (χ0v) is 8.79. The van der Waals surface area contributed by atoms with E-state index < -0.39 is 11.7 Å². The van der Waals surface area contributed by atoms with Crippen LogP contribution in [0.5, 0.6) is 0 Å². The average molecular weight is 304 g/mol. The van der Waals surface area contributed by atoms with E-state index in [4.69, 9.17) is 0 Å². The van der Waals surface area contributed by atoms with E-state index in [-0.39, 0.29) is 0 Å². The van der Waals surface area contributed by atoms with E-state index >= 15 is 0 Å². The van der Waals surface area contributed by atoms with Crippen molar-refractivity contribution in [2.24, 2.45) is 0 Å².